The second kappa shape index (κ2) is 9.95. The Kier molecular flexibility index (Phi) is 6.85. The van der Waals surface area contributed by atoms with Crippen LogP contribution >= 0.6 is 0 Å². The average Bonchev–Trinajstić information content (AvgIpc) is 2.84. The molecule has 0 unspecified atom stereocenters. The second-order valence-electron chi connectivity index (χ2n) is 10.1. The number of benzene rings is 3. The number of hydrogen-bond acceptors (Lipinski definition) is 6. The van der Waals surface area contributed by atoms with E-state index in [-0.39, 0.29) is 10.6 Å². The van der Waals surface area contributed by atoms with Crippen molar-refractivity contribution in [3.05, 3.63) is 59.4 Å². The van der Waals surface area contributed by atoms with Crippen LogP contribution in [0, 0.1) is 5.82 Å². The highest BCUT2D eigenvalue weighted by Gasteiger charge is 2.32. The van der Waals surface area contributed by atoms with Gasteiger partial charge in [-0.05, 0) is 117 Å². The van der Waals surface area contributed by atoms with Crippen LogP contribution < -0.4 is 9.47 Å². The summed E-state index contributed by atoms with van der Waals surface area (Å²) in [5, 5.41) is 1.18. The molecule has 0 bridgehead atoms. The molecule has 7 nitrogen and oxygen atoms in total. The van der Waals surface area contributed by atoms with Crippen LogP contribution in [-0.2, 0) is 27.7 Å². The lowest BCUT2D eigenvalue weighted by Crippen LogP contribution is -2.35. The van der Waals surface area contributed by atoms with Crippen LogP contribution in [0.3, 0.4) is 0 Å². The molecule has 1 N–H and O–H groups in total. The van der Waals surface area contributed by atoms with E-state index >= 15 is 0 Å². The summed E-state index contributed by atoms with van der Waals surface area (Å²) in [6.45, 7) is 1.87. The van der Waals surface area contributed by atoms with Crippen molar-refractivity contribution >= 4 is 27.0 Å². The van der Waals surface area contributed by atoms with Gasteiger partial charge in [-0.1, -0.05) is 12.5 Å². The highest BCUT2D eigenvalue weighted by Crippen LogP contribution is 2.38. The van der Waals surface area contributed by atoms with Gasteiger partial charge in [0, 0.05) is 0 Å². The van der Waals surface area contributed by atoms with Crippen molar-refractivity contribution in [3.8, 4) is 17.2 Å². The maximum Gasteiger partial charge on any atom is 0.514 e. The number of rotatable bonds is 5. The fraction of sp³-hybridized carbons (Fsp3) is 0.393. The highest BCUT2D eigenvalue weighted by molar-refractivity contribution is 7.85. The SMILES string of the molecule is CC1(OC(=O)Oc2cc3cc(Oc4ccc(S(=O)(=O)O)c5c4CCCC5)ccc3cc2F)CCCCC1. The van der Waals surface area contributed by atoms with Crippen LogP contribution in [0.1, 0.15) is 63.0 Å². The molecule has 2 aliphatic carbocycles. The van der Waals surface area contributed by atoms with E-state index in [2.05, 4.69) is 0 Å². The minimum absolute atomic E-state index is 0.0840. The number of carbonyl (C=O) groups excluding carboxylic acids is 1. The van der Waals surface area contributed by atoms with Gasteiger partial charge in [-0.15, -0.1) is 0 Å². The Labute approximate surface area is 215 Å². The molecule has 0 aromatic heterocycles. The summed E-state index contributed by atoms with van der Waals surface area (Å²) in [6.07, 6.45) is 6.48. The normalized spacial score (nSPS) is 17.2. The van der Waals surface area contributed by atoms with E-state index in [1.807, 2.05) is 6.92 Å². The first-order valence-corrected chi connectivity index (χ1v) is 14.0. The number of ether oxygens (including phenoxy) is 3. The van der Waals surface area contributed by atoms with Crippen LogP contribution in [-0.4, -0.2) is 24.7 Å². The fourth-order valence-electron chi connectivity index (χ4n) is 5.35. The van der Waals surface area contributed by atoms with Gasteiger partial charge in [0.15, 0.2) is 11.6 Å². The Morgan fingerprint density at radius 1 is 0.892 bits per heavy atom. The monoisotopic (exact) mass is 528 g/mol. The van der Waals surface area contributed by atoms with E-state index in [0.717, 1.165) is 50.5 Å². The fourth-order valence-corrected chi connectivity index (χ4v) is 6.12. The van der Waals surface area contributed by atoms with Crippen molar-refractivity contribution in [2.75, 3.05) is 0 Å². The van der Waals surface area contributed by atoms with Gasteiger partial charge in [0.25, 0.3) is 10.1 Å². The summed E-state index contributed by atoms with van der Waals surface area (Å²) in [5.74, 6) is 0.0461. The van der Waals surface area contributed by atoms with E-state index in [1.165, 1.54) is 18.2 Å². The Bertz CT molecular complexity index is 1460. The number of halogens is 1. The Hall–Kier alpha value is -3.17. The van der Waals surface area contributed by atoms with Gasteiger partial charge < -0.3 is 14.2 Å². The minimum atomic E-state index is -4.34. The van der Waals surface area contributed by atoms with Gasteiger partial charge in [0.2, 0.25) is 0 Å². The molecule has 1 fully saturated rings. The first-order valence-electron chi connectivity index (χ1n) is 12.6. The molecule has 0 aliphatic heterocycles. The molecule has 1 saturated carbocycles. The molecule has 2 aliphatic rings. The lowest BCUT2D eigenvalue weighted by molar-refractivity contribution is -0.0252. The topological polar surface area (TPSA) is 99.1 Å². The Morgan fingerprint density at radius 3 is 2.35 bits per heavy atom. The Morgan fingerprint density at radius 2 is 1.62 bits per heavy atom. The van der Waals surface area contributed by atoms with Gasteiger partial charge in [0.1, 0.15) is 17.1 Å². The third kappa shape index (κ3) is 5.57. The first kappa shape index (κ1) is 25.5. The molecule has 0 radical (unpaired) electrons. The summed E-state index contributed by atoms with van der Waals surface area (Å²) in [4.78, 5) is 12.3. The predicted molar refractivity (Wildman–Crippen MR) is 135 cm³/mol. The number of fused-ring (bicyclic) bond motifs is 2. The third-order valence-corrected chi connectivity index (χ3v) is 8.19. The van der Waals surface area contributed by atoms with Crippen molar-refractivity contribution < 1.29 is 36.4 Å². The van der Waals surface area contributed by atoms with Gasteiger partial charge in [-0.3, -0.25) is 4.55 Å². The van der Waals surface area contributed by atoms with E-state index in [1.54, 1.807) is 24.3 Å². The molecular formula is C28H29FO7S. The van der Waals surface area contributed by atoms with Gasteiger partial charge in [-0.25, -0.2) is 9.18 Å². The largest absolute Gasteiger partial charge is 0.514 e. The molecular weight excluding hydrogens is 499 g/mol. The summed E-state index contributed by atoms with van der Waals surface area (Å²) >= 11 is 0. The molecule has 3 aromatic carbocycles. The first-order chi connectivity index (χ1) is 17.6. The van der Waals surface area contributed by atoms with E-state index < -0.39 is 27.7 Å². The summed E-state index contributed by atoms with van der Waals surface area (Å²) < 4.78 is 64.8. The molecule has 196 valence electrons. The smallest absolute Gasteiger partial charge is 0.457 e. The van der Waals surface area contributed by atoms with Crippen molar-refractivity contribution in [2.24, 2.45) is 0 Å². The molecule has 3 aromatic rings. The molecule has 0 saturated heterocycles. The lowest BCUT2D eigenvalue weighted by atomic mass is 9.86. The maximum atomic E-state index is 14.7. The van der Waals surface area contributed by atoms with Gasteiger partial charge in [0.05, 0.1) is 4.90 Å². The van der Waals surface area contributed by atoms with Crippen molar-refractivity contribution in [1.82, 2.24) is 0 Å². The molecule has 9 heteroatoms. The maximum absolute atomic E-state index is 14.7. The zero-order valence-electron chi connectivity index (χ0n) is 20.6. The molecule has 0 spiro atoms. The standard InChI is InChI=1S/C28H29FO7S/c1-28(13-5-2-6-14-28)36-27(30)35-25-17-19-15-20(10-9-18(19)16-23(25)29)34-24-11-12-26(37(31,32)33)22-8-4-3-7-21(22)24/h9-12,15-17H,2-8,13-14H2,1H3,(H,31,32,33). The third-order valence-electron chi connectivity index (χ3n) is 7.25. The van der Waals surface area contributed by atoms with Gasteiger partial charge >= 0.3 is 6.16 Å². The highest BCUT2D eigenvalue weighted by atomic mass is 32.2. The van der Waals surface area contributed by atoms with Crippen LogP contribution in [0.2, 0.25) is 0 Å². The predicted octanol–water partition coefficient (Wildman–Crippen LogP) is 7.13. The zero-order valence-corrected chi connectivity index (χ0v) is 21.4. The minimum Gasteiger partial charge on any atom is -0.457 e. The molecule has 0 heterocycles. The second-order valence-corrected chi connectivity index (χ2v) is 11.4. The number of carbonyl (C=O) groups is 1. The van der Waals surface area contributed by atoms with E-state index in [9.17, 15) is 22.2 Å². The van der Waals surface area contributed by atoms with Crippen LogP contribution in [0.25, 0.3) is 10.8 Å². The van der Waals surface area contributed by atoms with Crippen molar-refractivity contribution in [3.63, 3.8) is 0 Å². The Balaban J connectivity index is 1.40. The van der Waals surface area contributed by atoms with E-state index in [0.29, 0.717) is 40.7 Å². The molecule has 0 amide bonds. The summed E-state index contributed by atoms with van der Waals surface area (Å²) in [5.41, 5.74) is 0.729. The quantitative estimate of drug-likeness (QED) is 0.214. The average molecular weight is 529 g/mol. The summed E-state index contributed by atoms with van der Waals surface area (Å²) in [6, 6.07) is 10.7. The van der Waals surface area contributed by atoms with Gasteiger partial charge in [-0.2, -0.15) is 8.42 Å². The van der Waals surface area contributed by atoms with Crippen LogP contribution in [0.5, 0.6) is 17.2 Å². The molecule has 5 rings (SSSR count). The van der Waals surface area contributed by atoms with E-state index in [4.69, 9.17) is 14.2 Å². The summed E-state index contributed by atoms with van der Waals surface area (Å²) in [7, 11) is -4.34. The van der Waals surface area contributed by atoms with Crippen LogP contribution in [0.4, 0.5) is 9.18 Å². The number of hydrogen-bond donors (Lipinski definition) is 1. The molecule has 37 heavy (non-hydrogen) atoms. The van der Waals surface area contributed by atoms with Crippen molar-refractivity contribution in [1.29, 1.82) is 0 Å². The van der Waals surface area contributed by atoms with Crippen molar-refractivity contribution in [2.45, 2.75) is 75.2 Å². The van der Waals surface area contributed by atoms with Crippen LogP contribution in [0.15, 0.2) is 47.4 Å². The molecule has 0 atom stereocenters. The lowest BCUT2D eigenvalue weighted by Gasteiger charge is -2.32. The zero-order chi connectivity index (χ0) is 26.2.